The van der Waals surface area contributed by atoms with E-state index in [0.717, 1.165) is 16.9 Å². The smallest absolute Gasteiger partial charge is 0.272 e. The van der Waals surface area contributed by atoms with Crippen molar-refractivity contribution in [2.24, 2.45) is 5.73 Å². The normalized spacial score (nSPS) is 10.2. The number of anilines is 2. The summed E-state index contributed by atoms with van der Waals surface area (Å²) in [5.74, 6) is -0.121. The summed E-state index contributed by atoms with van der Waals surface area (Å²) < 4.78 is 0. The standard InChI is InChI=1S/C15H18N4O/c1-19(2)15(20)14-9-13(6-7-17-14)18-12-5-3-4-11(8-12)10-16/h3-9H,10,16H2,1-2H3,(H,17,18). The highest BCUT2D eigenvalue weighted by atomic mass is 16.2. The molecule has 3 N–H and O–H groups in total. The van der Waals surface area contributed by atoms with Gasteiger partial charge in [-0.3, -0.25) is 9.78 Å². The molecule has 1 amide bonds. The van der Waals surface area contributed by atoms with Crippen molar-refractivity contribution in [3.63, 3.8) is 0 Å². The van der Waals surface area contributed by atoms with E-state index < -0.39 is 0 Å². The Morgan fingerprint density at radius 1 is 1.25 bits per heavy atom. The highest BCUT2D eigenvalue weighted by Gasteiger charge is 2.09. The first-order valence-electron chi connectivity index (χ1n) is 6.34. The van der Waals surface area contributed by atoms with Crippen molar-refractivity contribution < 1.29 is 4.79 Å². The van der Waals surface area contributed by atoms with Crippen molar-refractivity contribution in [3.8, 4) is 0 Å². The van der Waals surface area contributed by atoms with Crippen LogP contribution in [0.2, 0.25) is 0 Å². The number of pyridine rings is 1. The predicted molar refractivity (Wildman–Crippen MR) is 79.9 cm³/mol. The van der Waals surface area contributed by atoms with E-state index >= 15 is 0 Å². The Morgan fingerprint density at radius 2 is 2.00 bits per heavy atom. The molecule has 0 aliphatic heterocycles. The van der Waals surface area contributed by atoms with Crippen LogP contribution in [0.3, 0.4) is 0 Å². The van der Waals surface area contributed by atoms with Gasteiger partial charge in [0.05, 0.1) is 0 Å². The Hall–Kier alpha value is -2.40. The van der Waals surface area contributed by atoms with E-state index in [2.05, 4.69) is 10.3 Å². The third-order valence-corrected chi connectivity index (χ3v) is 2.84. The van der Waals surface area contributed by atoms with Crippen LogP contribution >= 0.6 is 0 Å². The number of hydrogen-bond acceptors (Lipinski definition) is 4. The van der Waals surface area contributed by atoms with Crippen molar-refractivity contribution in [2.45, 2.75) is 6.54 Å². The van der Waals surface area contributed by atoms with Crippen LogP contribution in [0.5, 0.6) is 0 Å². The Labute approximate surface area is 118 Å². The van der Waals surface area contributed by atoms with Crippen molar-refractivity contribution in [2.75, 3.05) is 19.4 Å². The van der Waals surface area contributed by atoms with E-state index in [-0.39, 0.29) is 5.91 Å². The summed E-state index contributed by atoms with van der Waals surface area (Å²) >= 11 is 0. The van der Waals surface area contributed by atoms with Crippen molar-refractivity contribution in [1.29, 1.82) is 0 Å². The Bertz CT molecular complexity index is 610. The van der Waals surface area contributed by atoms with Gasteiger partial charge in [0.1, 0.15) is 5.69 Å². The Morgan fingerprint density at radius 3 is 2.70 bits per heavy atom. The molecule has 1 heterocycles. The van der Waals surface area contributed by atoms with E-state index in [1.54, 1.807) is 26.4 Å². The number of benzene rings is 1. The molecule has 0 aliphatic carbocycles. The highest BCUT2D eigenvalue weighted by Crippen LogP contribution is 2.18. The second-order valence-corrected chi connectivity index (χ2v) is 4.66. The molecule has 0 atom stereocenters. The second-order valence-electron chi connectivity index (χ2n) is 4.66. The van der Waals surface area contributed by atoms with Crippen LogP contribution in [0.1, 0.15) is 16.1 Å². The third-order valence-electron chi connectivity index (χ3n) is 2.84. The third kappa shape index (κ3) is 3.33. The van der Waals surface area contributed by atoms with Gasteiger partial charge in [-0.15, -0.1) is 0 Å². The van der Waals surface area contributed by atoms with Crippen LogP contribution in [0.4, 0.5) is 11.4 Å². The summed E-state index contributed by atoms with van der Waals surface area (Å²) in [6.45, 7) is 0.496. The van der Waals surface area contributed by atoms with Gasteiger partial charge in [0.25, 0.3) is 5.91 Å². The number of nitrogens with one attached hydrogen (secondary N) is 1. The SMILES string of the molecule is CN(C)C(=O)c1cc(Nc2cccc(CN)c2)ccn1. The number of nitrogens with two attached hydrogens (primary N) is 1. The van der Waals surface area contributed by atoms with Crippen LogP contribution < -0.4 is 11.1 Å². The number of carbonyl (C=O) groups excluding carboxylic acids is 1. The number of nitrogens with zero attached hydrogens (tertiary/aromatic N) is 2. The van der Waals surface area contributed by atoms with Crippen LogP contribution in [0.15, 0.2) is 42.6 Å². The fourth-order valence-electron chi connectivity index (χ4n) is 1.80. The van der Waals surface area contributed by atoms with Crippen molar-refractivity contribution in [1.82, 2.24) is 9.88 Å². The molecule has 0 bridgehead atoms. The first-order chi connectivity index (χ1) is 9.60. The lowest BCUT2D eigenvalue weighted by molar-refractivity contribution is 0.0822. The fourth-order valence-corrected chi connectivity index (χ4v) is 1.80. The number of carbonyl (C=O) groups is 1. The van der Waals surface area contributed by atoms with Gasteiger partial charge in [-0.05, 0) is 29.8 Å². The highest BCUT2D eigenvalue weighted by molar-refractivity contribution is 5.92. The zero-order valence-electron chi connectivity index (χ0n) is 11.6. The largest absolute Gasteiger partial charge is 0.355 e. The second kappa shape index (κ2) is 6.16. The van der Waals surface area contributed by atoms with Gasteiger partial charge in [-0.25, -0.2) is 0 Å². The lowest BCUT2D eigenvalue weighted by Crippen LogP contribution is -2.22. The summed E-state index contributed by atoms with van der Waals surface area (Å²) in [5.41, 5.74) is 8.83. The molecule has 0 radical (unpaired) electrons. The Balaban J connectivity index is 2.21. The minimum Gasteiger partial charge on any atom is -0.355 e. The van der Waals surface area contributed by atoms with E-state index in [4.69, 9.17) is 5.73 Å². The van der Waals surface area contributed by atoms with Gasteiger partial charge >= 0.3 is 0 Å². The zero-order valence-corrected chi connectivity index (χ0v) is 11.6. The van der Waals surface area contributed by atoms with E-state index in [9.17, 15) is 4.79 Å². The molecule has 2 rings (SSSR count). The minimum atomic E-state index is -0.121. The predicted octanol–water partition coefficient (Wildman–Crippen LogP) is 1.99. The number of amides is 1. The number of aromatic nitrogens is 1. The zero-order chi connectivity index (χ0) is 14.5. The lowest BCUT2D eigenvalue weighted by atomic mass is 10.2. The van der Waals surface area contributed by atoms with Crippen LogP contribution in [0, 0.1) is 0 Å². The minimum absolute atomic E-state index is 0.121. The molecular formula is C15H18N4O. The van der Waals surface area contributed by atoms with E-state index in [1.165, 1.54) is 4.90 Å². The van der Waals surface area contributed by atoms with Gasteiger partial charge in [0.15, 0.2) is 0 Å². The van der Waals surface area contributed by atoms with Crippen LogP contribution in [-0.4, -0.2) is 29.9 Å². The van der Waals surface area contributed by atoms with Gasteiger partial charge in [-0.2, -0.15) is 0 Å². The molecule has 0 saturated heterocycles. The van der Waals surface area contributed by atoms with Gasteiger partial charge in [0, 0.05) is 38.2 Å². The molecule has 104 valence electrons. The molecule has 1 aromatic carbocycles. The van der Waals surface area contributed by atoms with Crippen LogP contribution in [0.25, 0.3) is 0 Å². The average molecular weight is 270 g/mol. The van der Waals surface area contributed by atoms with Gasteiger partial charge in [0.2, 0.25) is 0 Å². The summed E-state index contributed by atoms with van der Waals surface area (Å²) in [6, 6.07) is 11.4. The van der Waals surface area contributed by atoms with Gasteiger partial charge < -0.3 is 16.0 Å². The quantitative estimate of drug-likeness (QED) is 0.891. The molecule has 0 fully saturated rings. The van der Waals surface area contributed by atoms with Gasteiger partial charge in [-0.1, -0.05) is 12.1 Å². The summed E-state index contributed by atoms with van der Waals surface area (Å²) in [5, 5.41) is 3.25. The molecule has 0 aliphatic rings. The maximum absolute atomic E-state index is 11.9. The average Bonchev–Trinajstić information content (AvgIpc) is 2.47. The number of rotatable bonds is 4. The van der Waals surface area contributed by atoms with Crippen LogP contribution in [-0.2, 0) is 6.54 Å². The monoisotopic (exact) mass is 270 g/mol. The van der Waals surface area contributed by atoms with Crippen molar-refractivity contribution >= 4 is 17.3 Å². The summed E-state index contributed by atoms with van der Waals surface area (Å²) in [7, 11) is 3.41. The topological polar surface area (TPSA) is 71.2 Å². The fraction of sp³-hybridized carbons (Fsp3) is 0.200. The molecule has 20 heavy (non-hydrogen) atoms. The molecule has 0 spiro atoms. The number of hydrogen-bond donors (Lipinski definition) is 2. The molecular weight excluding hydrogens is 252 g/mol. The molecule has 5 heteroatoms. The van der Waals surface area contributed by atoms with Crippen molar-refractivity contribution in [3.05, 3.63) is 53.9 Å². The molecule has 5 nitrogen and oxygen atoms in total. The first-order valence-corrected chi connectivity index (χ1v) is 6.34. The summed E-state index contributed by atoms with van der Waals surface area (Å²) in [6.07, 6.45) is 1.62. The molecule has 1 aromatic heterocycles. The summed E-state index contributed by atoms with van der Waals surface area (Å²) in [4.78, 5) is 17.5. The lowest BCUT2D eigenvalue weighted by Gasteiger charge is -2.11. The molecule has 0 unspecified atom stereocenters. The molecule has 0 saturated carbocycles. The Kier molecular flexibility index (Phi) is 4.32. The first kappa shape index (κ1) is 14.0. The molecule has 2 aromatic rings. The van der Waals surface area contributed by atoms with E-state index in [1.807, 2.05) is 30.3 Å². The maximum atomic E-state index is 11.9. The van der Waals surface area contributed by atoms with E-state index in [0.29, 0.717) is 12.2 Å². The maximum Gasteiger partial charge on any atom is 0.272 e.